The third-order valence-corrected chi connectivity index (χ3v) is 6.36. The van der Waals surface area contributed by atoms with Crippen molar-refractivity contribution in [2.24, 2.45) is 0 Å². The predicted molar refractivity (Wildman–Crippen MR) is 142 cm³/mol. The van der Waals surface area contributed by atoms with Gasteiger partial charge in [-0.25, -0.2) is 18.6 Å². The highest BCUT2D eigenvalue weighted by atomic mass is 19.3. The smallest absolute Gasteiger partial charge is 0.332 e. The van der Waals surface area contributed by atoms with Gasteiger partial charge in [-0.3, -0.25) is 28.0 Å². The molecule has 10 nitrogen and oxygen atoms in total. The highest BCUT2D eigenvalue weighted by molar-refractivity contribution is 5.77. The lowest BCUT2D eigenvalue weighted by molar-refractivity contribution is -0.147. The van der Waals surface area contributed by atoms with E-state index in [0.717, 1.165) is 6.92 Å². The number of alkyl halides is 2. The first-order valence-electron chi connectivity index (χ1n) is 13.0. The standard InChI is InChI=1S/C27H32F2N6O4/c1-5-9-21(36)39-17-35-22-24(33(7-3)26(38)34(12-6-2)25(22)37)31-23(35)19-14-30-32(16-19)15-18-10-8-11-20(13-18)27(4,28)29/h8,10-11,13-14,16H,5-7,9,12,15,17H2,1-4H3. The maximum Gasteiger partial charge on any atom is 0.332 e. The Labute approximate surface area is 223 Å². The Bertz CT molecular complexity index is 1610. The molecule has 0 saturated carbocycles. The highest BCUT2D eigenvalue weighted by Crippen LogP contribution is 2.28. The molecule has 1 aromatic carbocycles. The van der Waals surface area contributed by atoms with Crippen molar-refractivity contribution >= 4 is 17.1 Å². The lowest BCUT2D eigenvalue weighted by atomic mass is 10.1. The van der Waals surface area contributed by atoms with Gasteiger partial charge in [0.2, 0.25) is 0 Å². The topological polar surface area (TPSA) is 106 Å². The number of carbonyl (C=O) groups is 1. The Morgan fingerprint density at radius 2 is 1.85 bits per heavy atom. The third kappa shape index (κ3) is 5.69. The minimum absolute atomic E-state index is 0.0936. The number of esters is 1. The summed E-state index contributed by atoms with van der Waals surface area (Å²) in [5.74, 6) is -3.10. The van der Waals surface area contributed by atoms with E-state index < -0.39 is 23.1 Å². The van der Waals surface area contributed by atoms with Crippen molar-refractivity contribution in [1.82, 2.24) is 28.5 Å². The number of rotatable bonds is 11. The van der Waals surface area contributed by atoms with Crippen molar-refractivity contribution in [3.8, 4) is 11.4 Å². The Balaban J connectivity index is 1.82. The number of fused-ring (bicyclic) bond motifs is 1. The predicted octanol–water partition coefficient (Wildman–Crippen LogP) is 4.11. The number of halogens is 2. The summed E-state index contributed by atoms with van der Waals surface area (Å²) in [6.45, 7) is 6.82. The number of nitrogens with zero attached hydrogens (tertiary/aromatic N) is 6. The molecule has 3 heterocycles. The molecule has 0 saturated heterocycles. The third-order valence-electron chi connectivity index (χ3n) is 6.36. The van der Waals surface area contributed by atoms with E-state index in [2.05, 4.69) is 10.1 Å². The van der Waals surface area contributed by atoms with E-state index in [9.17, 15) is 23.2 Å². The lowest BCUT2D eigenvalue weighted by Crippen LogP contribution is -2.40. The van der Waals surface area contributed by atoms with Gasteiger partial charge in [-0.1, -0.05) is 32.0 Å². The van der Waals surface area contributed by atoms with E-state index in [1.165, 1.54) is 32.0 Å². The molecule has 39 heavy (non-hydrogen) atoms. The highest BCUT2D eigenvalue weighted by Gasteiger charge is 2.25. The second kappa shape index (κ2) is 11.3. The van der Waals surface area contributed by atoms with Crippen LogP contribution in [0.15, 0.2) is 46.2 Å². The fraction of sp³-hybridized carbons (Fsp3) is 0.444. The van der Waals surface area contributed by atoms with Gasteiger partial charge in [0.1, 0.15) is 5.82 Å². The Morgan fingerprint density at radius 3 is 2.51 bits per heavy atom. The summed E-state index contributed by atoms with van der Waals surface area (Å²) in [7, 11) is 0. The average molecular weight is 543 g/mol. The maximum atomic E-state index is 13.8. The van der Waals surface area contributed by atoms with Crippen LogP contribution in [0.3, 0.4) is 0 Å². The normalized spacial score (nSPS) is 11.8. The fourth-order valence-corrected chi connectivity index (χ4v) is 4.45. The van der Waals surface area contributed by atoms with Crippen LogP contribution in [0.25, 0.3) is 22.6 Å². The second-order valence-corrected chi connectivity index (χ2v) is 9.43. The zero-order chi connectivity index (χ0) is 28.3. The van der Waals surface area contributed by atoms with Gasteiger partial charge in [-0.05, 0) is 31.4 Å². The molecule has 0 spiro atoms. The van der Waals surface area contributed by atoms with Gasteiger partial charge in [0.05, 0.1) is 18.3 Å². The van der Waals surface area contributed by atoms with Crippen LogP contribution in [0.2, 0.25) is 0 Å². The molecule has 0 bridgehead atoms. The maximum absolute atomic E-state index is 13.8. The molecule has 0 amide bonds. The Hall–Kier alpha value is -4.09. The average Bonchev–Trinajstić information content (AvgIpc) is 3.50. The van der Waals surface area contributed by atoms with Crippen LogP contribution in [-0.2, 0) is 41.8 Å². The van der Waals surface area contributed by atoms with Crippen LogP contribution < -0.4 is 11.2 Å². The Morgan fingerprint density at radius 1 is 1.08 bits per heavy atom. The molecular weight excluding hydrogens is 510 g/mol. The number of carbonyl (C=O) groups excluding carboxylic acids is 1. The van der Waals surface area contributed by atoms with Crippen molar-refractivity contribution in [2.45, 2.75) is 79.2 Å². The molecule has 3 aromatic heterocycles. The first kappa shape index (κ1) is 27.9. The molecule has 0 N–H and O–H groups in total. The number of hydrogen-bond acceptors (Lipinski definition) is 6. The first-order chi connectivity index (χ1) is 18.6. The largest absolute Gasteiger partial charge is 0.444 e. The molecule has 0 atom stereocenters. The molecule has 208 valence electrons. The van der Waals surface area contributed by atoms with E-state index in [0.29, 0.717) is 29.8 Å². The number of aryl methyl sites for hydroxylation is 1. The summed E-state index contributed by atoms with van der Waals surface area (Å²) >= 11 is 0. The molecule has 0 aliphatic rings. The summed E-state index contributed by atoms with van der Waals surface area (Å²) in [4.78, 5) is 43.4. The zero-order valence-corrected chi connectivity index (χ0v) is 22.5. The van der Waals surface area contributed by atoms with Gasteiger partial charge >= 0.3 is 11.7 Å². The van der Waals surface area contributed by atoms with Gasteiger partial charge in [0, 0.05) is 38.2 Å². The number of benzene rings is 1. The van der Waals surface area contributed by atoms with Crippen molar-refractivity contribution < 1.29 is 18.3 Å². The van der Waals surface area contributed by atoms with Gasteiger partial charge in [0.25, 0.3) is 11.5 Å². The van der Waals surface area contributed by atoms with E-state index >= 15 is 0 Å². The van der Waals surface area contributed by atoms with Crippen molar-refractivity contribution in [1.29, 1.82) is 0 Å². The van der Waals surface area contributed by atoms with E-state index in [1.54, 1.807) is 29.9 Å². The van der Waals surface area contributed by atoms with Crippen molar-refractivity contribution in [3.05, 3.63) is 68.6 Å². The number of ether oxygens (including phenoxy) is 1. The van der Waals surface area contributed by atoms with Gasteiger partial charge < -0.3 is 4.74 Å². The number of hydrogen-bond donors (Lipinski definition) is 0. The monoisotopic (exact) mass is 542 g/mol. The van der Waals surface area contributed by atoms with Gasteiger partial charge in [-0.2, -0.15) is 5.10 Å². The van der Waals surface area contributed by atoms with Gasteiger partial charge in [-0.15, -0.1) is 0 Å². The summed E-state index contributed by atoms with van der Waals surface area (Å²) < 4.78 is 38.7. The van der Waals surface area contributed by atoms with Gasteiger partial charge in [0.15, 0.2) is 17.9 Å². The molecule has 4 rings (SSSR count). The van der Waals surface area contributed by atoms with Crippen LogP contribution in [0.1, 0.15) is 58.1 Å². The van der Waals surface area contributed by atoms with E-state index in [4.69, 9.17) is 4.74 Å². The molecule has 4 aromatic rings. The molecule has 0 aliphatic heterocycles. The number of aromatic nitrogens is 6. The molecule has 0 aliphatic carbocycles. The van der Waals surface area contributed by atoms with E-state index in [-0.39, 0.29) is 49.5 Å². The van der Waals surface area contributed by atoms with Crippen LogP contribution in [0, 0.1) is 0 Å². The molecular formula is C27H32F2N6O4. The van der Waals surface area contributed by atoms with Crippen LogP contribution >= 0.6 is 0 Å². The minimum Gasteiger partial charge on any atom is -0.444 e. The number of imidazole rings is 1. The van der Waals surface area contributed by atoms with Crippen molar-refractivity contribution in [2.75, 3.05) is 0 Å². The SMILES string of the molecule is CCCC(=O)OCn1c(-c2cnn(Cc3cccc(C(C)(F)F)c3)c2)nc2c1c(=O)n(CCC)c(=O)n2CC. The summed E-state index contributed by atoms with van der Waals surface area (Å²) in [5.41, 5.74) is 0.404. The zero-order valence-electron chi connectivity index (χ0n) is 22.5. The molecule has 0 unspecified atom stereocenters. The molecule has 12 heteroatoms. The first-order valence-corrected chi connectivity index (χ1v) is 13.0. The quantitative estimate of drug-likeness (QED) is 0.264. The van der Waals surface area contributed by atoms with Crippen LogP contribution in [0.5, 0.6) is 0 Å². The minimum atomic E-state index is -2.97. The van der Waals surface area contributed by atoms with E-state index in [1.807, 2.05) is 13.8 Å². The summed E-state index contributed by atoms with van der Waals surface area (Å²) in [6, 6.07) is 6.11. The van der Waals surface area contributed by atoms with Crippen molar-refractivity contribution in [3.63, 3.8) is 0 Å². The molecule has 0 radical (unpaired) electrons. The second-order valence-electron chi connectivity index (χ2n) is 9.43. The fourth-order valence-electron chi connectivity index (χ4n) is 4.45. The molecule has 0 fully saturated rings. The van der Waals surface area contributed by atoms with Crippen LogP contribution in [0.4, 0.5) is 8.78 Å². The summed E-state index contributed by atoms with van der Waals surface area (Å²) in [6.07, 6.45) is 4.60. The lowest BCUT2D eigenvalue weighted by Gasteiger charge is -2.12. The van der Waals surface area contributed by atoms with Crippen LogP contribution in [-0.4, -0.2) is 34.4 Å². The summed E-state index contributed by atoms with van der Waals surface area (Å²) in [5, 5.41) is 4.36. The Kier molecular flexibility index (Phi) is 8.12.